The van der Waals surface area contributed by atoms with Crippen LogP contribution in [0.15, 0.2) is 0 Å². The molecule has 0 spiro atoms. The van der Waals surface area contributed by atoms with E-state index < -0.39 is 97.5 Å². The zero-order valence-electron chi connectivity index (χ0n) is 24.9. The highest BCUT2D eigenvalue weighted by Gasteiger charge is 2.30. The van der Waals surface area contributed by atoms with Crippen LogP contribution >= 0.6 is 15.6 Å². The molecule has 0 aromatic heterocycles. The number of phosphoric ester groups is 2. The molecule has 17 nitrogen and oxygen atoms in total. The highest BCUT2D eigenvalue weighted by Crippen LogP contribution is 2.45. The van der Waals surface area contributed by atoms with Crippen LogP contribution in [0.3, 0.4) is 0 Å². The van der Waals surface area contributed by atoms with Crippen molar-refractivity contribution in [2.75, 3.05) is 39.6 Å². The summed E-state index contributed by atoms with van der Waals surface area (Å²) in [6.45, 7) is 1.88. The molecular formula is C24H44O17P2. The second-order valence-corrected chi connectivity index (χ2v) is 12.1. The number of phosphoric acid groups is 2. The fourth-order valence-electron chi connectivity index (χ4n) is 2.88. The number of ether oxygens (including phenoxy) is 4. The topological polar surface area (TPSA) is 237 Å². The molecule has 0 aliphatic heterocycles. The highest BCUT2D eigenvalue weighted by molar-refractivity contribution is 7.47. The molecule has 252 valence electrons. The summed E-state index contributed by atoms with van der Waals surface area (Å²) in [6, 6.07) is 0. The molecule has 19 heteroatoms. The maximum atomic E-state index is 12.2. The lowest BCUT2D eigenvalue weighted by atomic mass is 10.1. The number of carbonyl (C=O) groups is 4. The molecule has 3 N–H and O–H groups in total. The third kappa shape index (κ3) is 24.1. The van der Waals surface area contributed by atoms with Gasteiger partial charge in [-0.2, -0.15) is 0 Å². The van der Waals surface area contributed by atoms with Crippen LogP contribution < -0.4 is 0 Å². The first-order valence-electron chi connectivity index (χ1n) is 13.7. The van der Waals surface area contributed by atoms with E-state index in [1.165, 1.54) is 0 Å². The second kappa shape index (κ2) is 22.6. The molecule has 0 fully saturated rings. The first kappa shape index (κ1) is 41.1. The lowest BCUT2D eigenvalue weighted by Gasteiger charge is -2.21. The smallest absolute Gasteiger partial charge is 0.462 e. The van der Waals surface area contributed by atoms with Gasteiger partial charge in [-0.15, -0.1) is 0 Å². The predicted octanol–water partition coefficient (Wildman–Crippen LogP) is 2.33. The molecule has 0 amide bonds. The zero-order valence-corrected chi connectivity index (χ0v) is 26.7. The van der Waals surface area contributed by atoms with Gasteiger partial charge in [0, 0.05) is 26.7 Å². The Morgan fingerprint density at radius 2 is 1.02 bits per heavy atom. The Hall–Kier alpha value is -1.94. The molecule has 0 aliphatic carbocycles. The summed E-state index contributed by atoms with van der Waals surface area (Å²) < 4.78 is 62.9. The fourth-order valence-corrected chi connectivity index (χ4v) is 4.46. The molecule has 0 radical (unpaired) electrons. The summed E-state index contributed by atoms with van der Waals surface area (Å²) in [5.41, 5.74) is 0. The van der Waals surface area contributed by atoms with E-state index in [2.05, 4.69) is 9.05 Å². The van der Waals surface area contributed by atoms with E-state index in [1.807, 2.05) is 6.92 Å². The van der Waals surface area contributed by atoms with Crippen molar-refractivity contribution in [3.05, 3.63) is 0 Å². The van der Waals surface area contributed by atoms with E-state index >= 15 is 0 Å². The van der Waals surface area contributed by atoms with Crippen molar-refractivity contribution in [3.8, 4) is 0 Å². The van der Waals surface area contributed by atoms with Crippen LogP contribution in [0.25, 0.3) is 0 Å². The molecule has 2 unspecified atom stereocenters. The Morgan fingerprint density at radius 3 is 1.42 bits per heavy atom. The van der Waals surface area contributed by atoms with Crippen LogP contribution in [-0.4, -0.2) is 96.7 Å². The van der Waals surface area contributed by atoms with Gasteiger partial charge in [-0.05, 0) is 12.8 Å². The molecule has 0 aromatic rings. The van der Waals surface area contributed by atoms with Crippen molar-refractivity contribution < 1.29 is 80.2 Å². The minimum Gasteiger partial charge on any atom is -0.462 e. The van der Waals surface area contributed by atoms with Gasteiger partial charge in [-0.25, -0.2) is 9.13 Å². The standard InChI is InChI=1S/C24H44O17P2/c1-5-7-8-9-11-24(29)41-22(15-35-19(4)26)17-39-43(32,33)37-13-20(27)12-36-42(30,31)38-16-21(14-34-18(3)25)40-23(28)10-6-2/h20-22,27H,5-17H2,1-4H3,(H,30,31)(H,32,33)/t20-,21+,22+/m0/s1. The number of hydrogen-bond acceptors (Lipinski definition) is 15. The summed E-state index contributed by atoms with van der Waals surface area (Å²) >= 11 is 0. The van der Waals surface area contributed by atoms with E-state index in [0.717, 1.165) is 33.1 Å². The summed E-state index contributed by atoms with van der Waals surface area (Å²) in [5.74, 6) is -2.64. The van der Waals surface area contributed by atoms with Gasteiger partial charge >= 0.3 is 39.5 Å². The molecule has 5 atom stereocenters. The van der Waals surface area contributed by atoms with Crippen LogP contribution in [0.5, 0.6) is 0 Å². The van der Waals surface area contributed by atoms with Crippen LogP contribution in [0.4, 0.5) is 0 Å². The Balaban J connectivity index is 4.75. The SMILES string of the molecule is CCCCCCC(=O)O[C@H](COC(C)=O)COP(=O)(O)OC[C@@H](O)COP(=O)(O)OC[C@@H](COC(C)=O)OC(=O)CCC. The van der Waals surface area contributed by atoms with Crippen molar-refractivity contribution in [2.45, 2.75) is 91.0 Å². The fraction of sp³-hybridized carbons (Fsp3) is 0.833. The summed E-state index contributed by atoms with van der Waals surface area (Å²) in [4.78, 5) is 65.7. The molecule has 43 heavy (non-hydrogen) atoms. The molecule has 0 saturated heterocycles. The van der Waals surface area contributed by atoms with Crippen molar-refractivity contribution in [1.29, 1.82) is 0 Å². The Labute approximate surface area is 250 Å². The quantitative estimate of drug-likeness (QED) is 0.0548. The number of esters is 4. The number of rotatable bonds is 25. The molecule has 0 rings (SSSR count). The second-order valence-electron chi connectivity index (χ2n) is 9.16. The third-order valence-electron chi connectivity index (χ3n) is 4.94. The largest absolute Gasteiger partial charge is 0.472 e. The predicted molar refractivity (Wildman–Crippen MR) is 146 cm³/mol. The van der Waals surface area contributed by atoms with Crippen LogP contribution in [0, 0.1) is 0 Å². The van der Waals surface area contributed by atoms with Crippen LogP contribution in [0.1, 0.15) is 72.6 Å². The monoisotopic (exact) mass is 666 g/mol. The summed E-state index contributed by atoms with van der Waals surface area (Å²) in [7, 11) is -9.69. The van der Waals surface area contributed by atoms with Crippen LogP contribution in [0.2, 0.25) is 0 Å². The van der Waals surface area contributed by atoms with E-state index in [9.17, 15) is 43.2 Å². The van der Waals surface area contributed by atoms with Crippen molar-refractivity contribution in [2.24, 2.45) is 0 Å². The van der Waals surface area contributed by atoms with E-state index in [4.69, 9.17) is 28.0 Å². The number of aliphatic hydroxyl groups excluding tert-OH is 1. The van der Waals surface area contributed by atoms with E-state index in [0.29, 0.717) is 12.8 Å². The average molecular weight is 667 g/mol. The first-order valence-corrected chi connectivity index (χ1v) is 16.7. The summed E-state index contributed by atoms with van der Waals surface area (Å²) in [6.07, 6.45) is -0.267. The van der Waals surface area contributed by atoms with Gasteiger partial charge in [0.05, 0.1) is 26.4 Å². The van der Waals surface area contributed by atoms with E-state index in [-0.39, 0.29) is 12.8 Å². The number of carbonyl (C=O) groups excluding carboxylic acids is 4. The minimum absolute atomic E-state index is 0.0472. The Morgan fingerprint density at radius 1 is 0.605 bits per heavy atom. The lowest BCUT2D eigenvalue weighted by molar-refractivity contribution is -0.160. The average Bonchev–Trinajstić information content (AvgIpc) is 2.92. The normalized spacial score (nSPS) is 16.2. The van der Waals surface area contributed by atoms with Crippen LogP contribution in [-0.2, 0) is 65.4 Å². The first-order chi connectivity index (χ1) is 20.1. The molecule has 0 heterocycles. The Bertz CT molecular complexity index is 943. The maximum Gasteiger partial charge on any atom is 0.472 e. The molecular weight excluding hydrogens is 622 g/mol. The number of aliphatic hydroxyl groups is 1. The Kier molecular flexibility index (Phi) is 21.5. The van der Waals surface area contributed by atoms with Gasteiger partial charge in [-0.1, -0.05) is 33.1 Å². The van der Waals surface area contributed by atoms with Gasteiger partial charge in [0.25, 0.3) is 0 Å². The minimum atomic E-state index is -4.85. The van der Waals surface area contributed by atoms with Gasteiger partial charge < -0.3 is 33.8 Å². The van der Waals surface area contributed by atoms with Crippen molar-refractivity contribution in [3.63, 3.8) is 0 Å². The summed E-state index contributed by atoms with van der Waals surface area (Å²) in [5, 5.41) is 9.96. The molecule has 0 aromatic carbocycles. The van der Waals surface area contributed by atoms with Crippen molar-refractivity contribution >= 4 is 39.5 Å². The van der Waals surface area contributed by atoms with Crippen molar-refractivity contribution in [1.82, 2.24) is 0 Å². The van der Waals surface area contributed by atoms with Gasteiger partial charge in [-0.3, -0.25) is 37.3 Å². The third-order valence-corrected chi connectivity index (χ3v) is 6.84. The highest BCUT2D eigenvalue weighted by atomic mass is 31.2. The molecule has 0 aliphatic rings. The van der Waals surface area contributed by atoms with Gasteiger partial charge in [0.15, 0.2) is 12.2 Å². The zero-order chi connectivity index (χ0) is 32.9. The molecule has 0 saturated carbocycles. The van der Waals surface area contributed by atoms with Gasteiger partial charge in [0.2, 0.25) is 0 Å². The molecule has 0 bridgehead atoms. The number of hydrogen-bond donors (Lipinski definition) is 3. The van der Waals surface area contributed by atoms with Gasteiger partial charge in [0.1, 0.15) is 19.3 Å². The van der Waals surface area contributed by atoms with E-state index in [1.54, 1.807) is 6.92 Å². The maximum absolute atomic E-state index is 12.2. The number of unbranched alkanes of at least 4 members (excludes halogenated alkanes) is 3. The lowest BCUT2D eigenvalue weighted by Crippen LogP contribution is -2.29.